The van der Waals surface area contributed by atoms with E-state index in [-0.39, 0.29) is 17.6 Å². The molecule has 1 saturated carbocycles. The van der Waals surface area contributed by atoms with Gasteiger partial charge in [-0.15, -0.1) is 13.2 Å². The van der Waals surface area contributed by atoms with Gasteiger partial charge in [0.1, 0.15) is 5.75 Å². The van der Waals surface area contributed by atoms with Crippen LogP contribution in [0.2, 0.25) is 0 Å². The Morgan fingerprint density at radius 2 is 1.42 bits per heavy atom. The van der Waals surface area contributed by atoms with Crippen LogP contribution in [0.5, 0.6) is 5.75 Å². The van der Waals surface area contributed by atoms with Crippen molar-refractivity contribution in [3.63, 3.8) is 0 Å². The molecular formula is C18H15F3N2O3. The highest BCUT2D eigenvalue weighted by molar-refractivity contribution is 6.04. The molecule has 2 amide bonds. The van der Waals surface area contributed by atoms with Crippen LogP contribution >= 0.6 is 0 Å². The van der Waals surface area contributed by atoms with E-state index in [1.54, 1.807) is 24.3 Å². The van der Waals surface area contributed by atoms with E-state index in [2.05, 4.69) is 15.4 Å². The van der Waals surface area contributed by atoms with Crippen LogP contribution < -0.4 is 15.4 Å². The monoisotopic (exact) mass is 364 g/mol. The Kier molecular flexibility index (Phi) is 4.83. The summed E-state index contributed by atoms with van der Waals surface area (Å²) in [5.41, 5.74) is 1.28. The van der Waals surface area contributed by atoms with Crippen molar-refractivity contribution in [2.24, 2.45) is 5.92 Å². The molecule has 136 valence electrons. The molecule has 1 aliphatic carbocycles. The van der Waals surface area contributed by atoms with Gasteiger partial charge in [0.05, 0.1) is 0 Å². The number of amides is 2. The van der Waals surface area contributed by atoms with E-state index >= 15 is 0 Å². The van der Waals surface area contributed by atoms with E-state index in [4.69, 9.17) is 0 Å². The molecule has 0 aromatic heterocycles. The van der Waals surface area contributed by atoms with Crippen molar-refractivity contribution in [2.75, 3.05) is 10.6 Å². The summed E-state index contributed by atoms with van der Waals surface area (Å²) in [7, 11) is 0. The predicted molar refractivity (Wildman–Crippen MR) is 88.9 cm³/mol. The number of nitrogens with one attached hydrogen (secondary N) is 2. The van der Waals surface area contributed by atoms with Crippen LogP contribution in [0.25, 0.3) is 0 Å². The standard InChI is InChI=1S/C18H15F3N2O3/c19-18(20,21)26-15-9-7-14(8-10-15)23-17(25)12-3-5-13(6-4-12)22-16(24)11-1-2-11/h3-11H,1-2H2,(H,22,24)(H,23,25). The molecule has 0 aliphatic heterocycles. The summed E-state index contributed by atoms with van der Waals surface area (Å²) in [5, 5.41) is 5.34. The van der Waals surface area contributed by atoms with Crippen molar-refractivity contribution in [3.05, 3.63) is 54.1 Å². The van der Waals surface area contributed by atoms with Crippen molar-refractivity contribution >= 4 is 23.2 Å². The van der Waals surface area contributed by atoms with Gasteiger partial charge in [-0.3, -0.25) is 9.59 Å². The van der Waals surface area contributed by atoms with Crippen LogP contribution in [0.4, 0.5) is 24.5 Å². The van der Waals surface area contributed by atoms with Crippen molar-refractivity contribution in [2.45, 2.75) is 19.2 Å². The molecule has 26 heavy (non-hydrogen) atoms. The first kappa shape index (κ1) is 17.8. The molecule has 2 aromatic carbocycles. The zero-order valence-corrected chi connectivity index (χ0v) is 13.5. The number of benzene rings is 2. The summed E-state index contributed by atoms with van der Waals surface area (Å²) in [4.78, 5) is 23.8. The van der Waals surface area contributed by atoms with E-state index in [0.29, 0.717) is 16.9 Å². The Hall–Kier alpha value is -3.03. The fourth-order valence-electron chi connectivity index (χ4n) is 2.24. The molecule has 3 rings (SSSR count). The van der Waals surface area contributed by atoms with Gasteiger partial charge in [-0.05, 0) is 61.4 Å². The highest BCUT2D eigenvalue weighted by Gasteiger charge is 2.31. The average Bonchev–Trinajstić information content (AvgIpc) is 3.41. The second-order valence-electron chi connectivity index (χ2n) is 5.87. The summed E-state index contributed by atoms with van der Waals surface area (Å²) >= 11 is 0. The van der Waals surface area contributed by atoms with Crippen molar-refractivity contribution in [1.82, 2.24) is 0 Å². The van der Waals surface area contributed by atoms with Crippen LogP contribution in [0.3, 0.4) is 0 Å². The number of hydrogen-bond acceptors (Lipinski definition) is 3. The number of rotatable bonds is 5. The summed E-state index contributed by atoms with van der Waals surface area (Å²) in [6.07, 6.45) is -2.96. The Bertz CT molecular complexity index is 798. The van der Waals surface area contributed by atoms with E-state index in [1.165, 1.54) is 12.1 Å². The van der Waals surface area contributed by atoms with Gasteiger partial charge in [-0.25, -0.2) is 0 Å². The van der Waals surface area contributed by atoms with E-state index in [1.807, 2.05) is 0 Å². The third kappa shape index (κ3) is 4.98. The van der Waals surface area contributed by atoms with Crippen molar-refractivity contribution < 1.29 is 27.5 Å². The van der Waals surface area contributed by atoms with E-state index in [9.17, 15) is 22.8 Å². The van der Waals surface area contributed by atoms with Crippen LogP contribution in [0.15, 0.2) is 48.5 Å². The molecule has 0 radical (unpaired) electrons. The van der Waals surface area contributed by atoms with Gasteiger partial charge in [0, 0.05) is 22.9 Å². The minimum Gasteiger partial charge on any atom is -0.406 e. The minimum atomic E-state index is -4.76. The lowest BCUT2D eigenvalue weighted by atomic mass is 10.2. The Morgan fingerprint density at radius 3 is 1.96 bits per heavy atom. The maximum absolute atomic E-state index is 12.2. The zero-order valence-electron chi connectivity index (χ0n) is 13.5. The van der Waals surface area contributed by atoms with Crippen LogP contribution in [0.1, 0.15) is 23.2 Å². The summed E-state index contributed by atoms with van der Waals surface area (Å²) in [5.74, 6) is -0.730. The maximum atomic E-state index is 12.2. The van der Waals surface area contributed by atoms with Gasteiger partial charge >= 0.3 is 6.36 Å². The number of carbonyl (C=O) groups is 2. The fraction of sp³-hybridized carbons (Fsp3) is 0.222. The lowest BCUT2D eigenvalue weighted by molar-refractivity contribution is -0.274. The third-order valence-electron chi connectivity index (χ3n) is 3.71. The first-order chi connectivity index (χ1) is 12.3. The van der Waals surface area contributed by atoms with Crippen LogP contribution in [0, 0.1) is 5.92 Å². The van der Waals surface area contributed by atoms with Crippen LogP contribution in [-0.2, 0) is 4.79 Å². The normalized spacial score (nSPS) is 13.8. The second kappa shape index (κ2) is 7.07. The largest absolute Gasteiger partial charge is 0.573 e. The number of hydrogen-bond donors (Lipinski definition) is 2. The topological polar surface area (TPSA) is 67.4 Å². The number of anilines is 2. The number of halogens is 3. The molecule has 0 bridgehead atoms. The van der Waals surface area contributed by atoms with Gasteiger partial charge in [0.25, 0.3) is 5.91 Å². The molecule has 8 heteroatoms. The average molecular weight is 364 g/mol. The first-order valence-electron chi connectivity index (χ1n) is 7.88. The molecular weight excluding hydrogens is 349 g/mol. The molecule has 0 heterocycles. The quantitative estimate of drug-likeness (QED) is 0.836. The van der Waals surface area contributed by atoms with Gasteiger partial charge in [0.2, 0.25) is 5.91 Å². The number of carbonyl (C=O) groups excluding carboxylic acids is 2. The van der Waals surface area contributed by atoms with Crippen LogP contribution in [-0.4, -0.2) is 18.2 Å². The molecule has 5 nitrogen and oxygen atoms in total. The first-order valence-corrected chi connectivity index (χ1v) is 7.88. The van der Waals surface area contributed by atoms with Gasteiger partial charge in [0.15, 0.2) is 0 Å². The number of ether oxygens (including phenoxy) is 1. The lowest BCUT2D eigenvalue weighted by Gasteiger charge is -2.10. The Morgan fingerprint density at radius 1 is 0.885 bits per heavy atom. The van der Waals surface area contributed by atoms with E-state index < -0.39 is 12.3 Å². The molecule has 2 aromatic rings. The highest BCUT2D eigenvalue weighted by Crippen LogP contribution is 2.30. The summed E-state index contributed by atoms with van der Waals surface area (Å²) < 4.78 is 40.1. The highest BCUT2D eigenvalue weighted by atomic mass is 19.4. The predicted octanol–water partition coefficient (Wildman–Crippen LogP) is 4.19. The van der Waals surface area contributed by atoms with Crippen molar-refractivity contribution in [3.8, 4) is 5.75 Å². The minimum absolute atomic E-state index is 0.0247. The Balaban J connectivity index is 1.58. The number of alkyl halides is 3. The summed E-state index contributed by atoms with van der Waals surface area (Å²) in [6, 6.07) is 11.2. The van der Waals surface area contributed by atoms with Gasteiger partial charge in [-0.2, -0.15) is 0 Å². The maximum Gasteiger partial charge on any atom is 0.573 e. The Labute approximate surface area is 147 Å². The molecule has 1 fully saturated rings. The molecule has 0 atom stereocenters. The zero-order chi connectivity index (χ0) is 18.7. The van der Waals surface area contributed by atoms with Gasteiger partial charge in [-0.1, -0.05) is 0 Å². The second-order valence-corrected chi connectivity index (χ2v) is 5.87. The molecule has 1 aliphatic rings. The molecule has 0 unspecified atom stereocenters. The van der Waals surface area contributed by atoms with Gasteiger partial charge < -0.3 is 15.4 Å². The van der Waals surface area contributed by atoms with Crippen molar-refractivity contribution in [1.29, 1.82) is 0 Å². The SMILES string of the molecule is O=C(Nc1ccc(OC(F)(F)F)cc1)c1ccc(NC(=O)C2CC2)cc1. The van der Waals surface area contributed by atoms with E-state index in [0.717, 1.165) is 25.0 Å². The fourth-order valence-corrected chi connectivity index (χ4v) is 2.24. The molecule has 0 saturated heterocycles. The lowest BCUT2D eigenvalue weighted by Crippen LogP contribution is -2.17. The molecule has 2 N–H and O–H groups in total. The molecule has 0 spiro atoms. The summed E-state index contributed by atoms with van der Waals surface area (Å²) in [6.45, 7) is 0. The smallest absolute Gasteiger partial charge is 0.406 e. The third-order valence-corrected chi connectivity index (χ3v) is 3.71.